The Morgan fingerprint density at radius 1 is 1.67 bits per heavy atom. The first-order valence-electron chi connectivity index (χ1n) is 5.80. The number of likely N-dealkylation sites (tertiary alicyclic amines) is 1. The van der Waals surface area contributed by atoms with E-state index in [0.717, 1.165) is 18.5 Å². The van der Waals surface area contributed by atoms with Crippen LogP contribution >= 0.6 is 28.3 Å². The molecule has 1 fully saturated rings. The van der Waals surface area contributed by atoms with Gasteiger partial charge < -0.3 is 15.1 Å². The molecule has 18 heavy (non-hydrogen) atoms. The van der Waals surface area contributed by atoms with Crippen LogP contribution in [0.5, 0.6) is 0 Å². The number of amides is 1. The highest BCUT2D eigenvalue weighted by atomic mass is 79.9. The van der Waals surface area contributed by atoms with Gasteiger partial charge in [-0.25, -0.2) is 0 Å². The first kappa shape index (κ1) is 15.5. The first-order chi connectivity index (χ1) is 8.02. The smallest absolute Gasteiger partial charge is 0.290 e. The van der Waals surface area contributed by atoms with Crippen LogP contribution < -0.4 is 5.73 Å². The van der Waals surface area contributed by atoms with Crippen molar-refractivity contribution in [1.29, 1.82) is 0 Å². The standard InChI is InChI=1S/C12H17BrN2O2.ClH/c1-7-3-10(13)17-11(7)12(16)15-6-9(5-14)4-8(15)2;/h3,8-9H,4-6,14H2,1-2H3;1H. The summed E-state index contributed by atoms with van der Waals surface area (Å²) >= 11 is 3.24. The molecule has 0 spiro atoms. The van der Waals surface area contributed by atoms with E-state index in [1.165, 1.54) is 0 Å². The van der Waals surface area contributed by atoms with Gasteiger partial charge in [0.05, 0.1) is 0 Å². The van der Waals surface area contributed by atoms with Gasteiger partial charge in [-0.3, -0.25) is 4.79 Å². The van der Waals surface area contributed by atoms with Gasteiger partial charge in [-0.1, -0.05) is 0 Å². The van der Waals surface area contributed by atoms with Gasteiger partial charge in [0.25, 0.3) is 5.91 Å². The fourth-order valence-corrected chi connectivity index (χ4v) is 2.89. The van der Waals surface area contributed by atoms with E-state index in [-0.39, 0.29) is 24.4 Å². The molecule has 4 nitrogen and oxygen atoms in total. The monoisotopic (exact) mass is 336 g/mol. The van der Waals surface area contributed by atoms with Gasteiger partial charge in [-0.2, -0.15) is 0 Å². The fourth-order valence-electron chi connectivity index (χ4n) is 2.38. The molecule has 1 aliphatic rings. The summed E-state index contributed by atoms with van der Waals surface area (Å²) in [7, 11) is 0. The third kappa shape index (κ3) is 2.90. The molecule has 1 saturated heterocycles. The van der Waals surface area contributed by atoms with Crippen molar-refractivity contribution in [3.8, 4) is 0 Å². The molecule has 0 radical (unpaired) electrons. The summed E-state index contributed by atoms with van der Waals surface area (Å²) in [5, 5.41) is 0. The predicted octanol–water partition coefficient (Wildman–Crippen LogP) is 2.58. The number of halogens is 2. The maximum atomic E-state index is 12.3. The van der Waals surface area contributed by atoms with E-state index >= 15 is 0 Å². The molecular weight excluding hydrogens is 320 g/mol. The highest BCUT2D eigenvalue weighted by Crippen LogP contribution is 2.27. The second-order valence-electron chi connectivity index (χ2n) is 4.71. The number of carbonyl (C=O) groups excluding carboxylic acids is 1. The minimum Gasteiger partial charge on any atom is -0.444 e. The van der Waals surface area contributed by atoms with Gasteiger partial charge in [0, 0.05) is 18.2 Å². The number of aryl methyl sites for hydroxylation is 1. The molecule has 102 valence electrons. The molecule has 0 saturated carbocycles. The summed E-state index contributed by atoms with van der Waals surface area (Å²) in [6.07, 6.45) is 0.975. The second kappa shape index (κ2) is 6.08. The molecule has 0 aliphatic carbocycles. The third-order valence-corrected chi connectivity index (χ3v) is 3.73. The van der Waals surface area contributed by atoms with E-state index in [1.807, 2.05) is 17.9 Å². The third-order valence-electron chi connectivity index (χ3n) is 3.34. The van der Waals surface area contributed by atoms with Crippen LogP contribution in [-0.4, -0.2) is 29.9 Å². The van der Waals surface area contributed by atoms with Gasteiger partial charge in [-0.05, 0) is 54.7 Å². The van der Waals surface area contributed by atoms with Crippen LogP contribution in [-0.2, 0) is 0 Å². The average molecular weight is 338 g/mol. The van der Waals surface area contributed by atoms with Crippen molar-refractivity contribution in [3.05, 3.63) is 22.1 Å². The molecule has 2 unspecified atom stereocenters. The molecule has 2 N–H and O–H groups in total. The first-order valence-corrected chi connectivity index (χ1v) is 6.59. The molecule has 1 amide bonds. The lowest BCUT2D eigenvalue weighted by Gasteiger charge is -2.20. The summed E-state index contributed by atoms with van der Waals surface area (Å²) in [4.78, 5) is 14.2. The lowest BCUT2D eigenvalue weighted by Crippen LogP contribution is -2.34. The zero-order valence-corrected chi connectivity index (χ0v) is 12.9. The summed E-state index contributed by atoms with van der Waals surface area (Å²) in [5.74, 6) is 0.811. The lowest BCUT2D eigenvalue weighted by atomic mass is 10.1. The van der Waals surface area contributed by atoms with Gasteiger partial charge in [0.2, 0.25) is 0 Å². The number of nitrogens with two attached hydrogens (primary N) is 1. The Morgan fingerprint density at radius 2 is 2.33 bits per heavy atom. The zero-order valence-electron chi connectivity index (χ0n) is 10.5. The zero-order chi connectivity index (χ0) is 12.6. The van der Waals surface area contributed by atoms with Gasteiger partial charge in [0.15, 0.2) is 10.4 Å². The van der Waals surface area contributed by atoms with E-state index in [9.17, 15) is 4.79 Å². The molecule has 2 atom stereocenters. The van der Waals surface area contributed by atoms with E-state index in [2.05, 4.69) is 22.9 Å². The predicted molar refractivity (Wildman–Crippen MR) is 76.1 cm³/mol. The number of hydrogen-bond acceptors (Lipinski definition) is 3. The largest absolute Gasteiger partial charge is 0.444 e. The van der Waals surface area contributed by atoms with Crippen molar-refractivity contribution in [2.75, 3.05) is 13.1 Å². The number of rotatable bonds is 2. The highest BCUT2D eigenvalue weighted by Gasteiger charge is 2.34. The van der Waals surface area contributed by atoms with Gasteiger partial charge in [-0.15, -0.1) is 12.4 Å². The van der Waals surface area contributed by atoms with Crippen molar-refractivity contribution in [3.63, 3.8) is 0 Å². The van der Waals surface area contributed by atoms with E-state index in [4.69, 9.17) is 10.2 Å². The molecule has 0 aromatic carbocycles. The molecule has 1 aromatic rings. The Morgan fingerprint density at radius 3 is 2.78 bits per heavy atom. The Labute approximate surface area is 121 Å². The molecule has 0 bridgehead atoms. The topological polar surface area (TPSA) is 59.5 Å². The number of nitrogens with zero attached hydrogens (tertiary/aromatic N) is 1. The SMILES string of the molecule is Cc1cc(Br)oc1C(=O)N1CC(CN)CC1C.Cl. The summed E-state index contributed by atoms with van der Waals surface area (Å²) in [6, 6.07) is 2.05. The summed E-state index contributed by atoms with van der Waals surface area (Å²) < 4.78 is 6.00. The molecule has 2 rings (SSSR count). The van der Waals surface area contributed by atoms with Crippen LogP contribution in [0.25, 0.3) is 0 Å². The Balaban J connectivity index is 0.00000162. The maximum absolute atomic E-state index is 12.3. The summed E-state index contributed by atoms with van der Waals surface area (Å²) in [6.45, 7) is 5.30. The minimum atomic E-state index is -0.0309. The molecule has 2 heterocycles. The molecular formula is C12H18BrClN2O2. The maximum Gasteiger partial charge on any atom is 0.290 e. The quantitative estimate of drug-likeness (QED) is 0.902. The van der Waals surface area contributed by atoms with Crippen molar-refractivity contribution in [2.45, 2.75) is 26.3 Å². The van der Waals surface area contributed by atoms with E-state index in [1.54, 1.807) is 0 Å². The Bertz CT molecular complexity index is 436. The average Bonchev–Trinajstić information content (AvgIpc) is 2.81. The van der Waals surface area contributed by atoms with Crippen molar-refractivity contribution in [2.24, 2.45) is 11.7 Å². The molecule has 1 aromatic heterocycles. The molecule has 6 heteroatoms. The number of hydrogen-bond donors (Lipinski definition) is 1. The van der Waals surface area contributed by atoms with Crippen LogP contribution in [0.2, 0.25) is 0 Å². The number of carbonyl (C=O) groups is 1. The van der Waals surface area contributed by atoms with Crippen molar-refractivity contribution < 1.29 is 9.21 Å². The van der Waals surface area contributed by atoms with Gasteiger partial charge >= 0.3 is 0 Å². The lowest BCUT2D eigenvalue weighted by molar-refractivity contribution is 0.0708. The number of furan rings is 1. The Kier molecular flexibility index (Phi) is 5.25. The van der Waals surface area contributed by atoms with Crippen LogP contribution in [0.1, 0.15) is 29.5 Å². The van der Waals surface area contributed by atoms with Crippen LogP contribution in [0.15, 0.2) is 15.2 Å². The summed E-state index contributed by atoms with van der Waals surface area (Å²) in [5.41, 5.74) is 6.53. The fraction of sp³-hybridized carbons (Fsp3) is 0.583. The van der Waals surface area contributed by atoms with Crippen LogP contribution in [0.4, 0.5) is 0 Å². The normalized spacial score (nSPS) is 23.0. The van der Waals surface area contributed by atoms with Crippen molar-refractivity contribution >= 4 is 34.2 Å². The van der Waals surface area contributed by atoms with E-state index < -0.39 is 0 Å². The molecule has 1 aliphatic heterocycles. The van der Waals surface area contributed by atoms with Crippen LogP contribution in [0.3, 0.4) is 0 Å². The van der Waals surface area contributed by atoms with Crippen molar-refractivity contribution in [1.82, 2.24) is 4.90 Å². The minimum absolute atomic E-state index is 0. The Hall–Kier alpha value is -0.520. The highest BCUT2D eigenvalue weighted by molar-refractivity contribution is 9.10. The second-order valence-corrected chi connectivity index (χ2v) is 5.49. The van der Waals surface area contributed by atoms with E-state index in [0.29, 0.717) is 22.9 Å². The van der Waals surface area contributed by atoms with Gasteiger partial charge in [0.1, 0.15) is 0 Å². The van der Waals surface area contributed by atoms with Crippen LogP contribution in [0, 0.1) is 12.8 Å².